The molecule has 1 aliphatic heterocycles. The van der Waals surface area contributed by atoms with Gasteiger partial charge in [-0.3, -0.25) is 4.99 Å². The number of benzene rings is 1. The van der Waals surface area contributed by atoms with E-state index in [9.17, 15) is 0 Å². The number of methoxy groups -OCH3 is 2. The third-order valence-corrected chi connectivity index (χ3v) is 4.39. The molecule has 1 aromatic rings. The van der Waals surface area contributed by atoms with E-state index in [0.717, 1.165) is 35.7 Å². The van der Waals surface area contributed by atoms with Crippen LogP contribution in [0.5, 0.6) is 11.5 Å². The van der Waals surface area contributed by atoms with Gasteiger partial charge in [-0.05, 0) is 30.5 Å². The Morgan fingerprint density at radius 3 is 2.63 bits per heavy atom. The number of thioether (sulfide) groups is 1. The molecule has 0 radical (unpaired) electrons. The topological polar surface area (TPSA) is 56.8 Å². The van der Waals surface area contributed by atoms with E-state index in [0.29, 0.717) is 5.17 Å². The van der Waals surface area contributed by atoms with E-state index in [1.54, 1.807) is 26.0 Å². The fourth-order valence-corrected chi connectivity index (χ4v) is 3.31. The van der Waals surface area contributed by atoms with Crippen molar-refractivity contribution in [3.8, 4) is 11.5 Å². The number of nitrogens with zero attached hydrogens (tertiary/aromatic N) is 1. The van der Waals surface area contributed by atoms with Crippen LogP contribution in [0.3, 0.4) is 0 Å². The van der Waals surface area contributed by atoms with Gasteiger partial charge in [-0.15, -0.1) is 0 Å². The van der Waals surface area contributed by atoms with Crippen molar-refractivity contribution < 1.29 is 9.47 Å². The third kappa shape index (κ3) is 2.66. The Morgan fingerprint density at radius 1 is 1.32 bits per heavy atom. The Morgan fingerprint density at radius 2 is 2.05 bits per heavy atom. The van der Waals surface area contributed by atoms with Gasteiger partial charge >= 0.3 is 0 Å². The monoisotopic (exact) mass is 280 g/mol. The zero-order chi connectivity index (χ0) is 13.9. The number of hydrogen-bond acceptors (Lipinski definition) is 5. The molecule has 2 N–H and O–H groups in total. The van der Waals surface area contributed by atoms with Crippen LogP contribution in [0.4, 0.5) is 0 Å². The number of amidine groups is 1. The zero-order valence-corrected chi connectivity index (χ0v) is 12.4. The van der Waals surface area contributed by atoms with Gasteiger partial charge in [0.1, 0.15) is 0 Å². The van der Waals surface area contributed by atoms with E-state index in [2.05, 4.69) is 13.0 Å². The lowest BCUT2D eigenvalue weighted by molar-refractivity contribution is 0.350. The largest absolute Gasteiger partial charge is 0.493 e. The predicted octanol–water partition coefficient (Wildman–Crippen LogP) is 2.76. The molecule has 0 spiro atoms. The SMILES string of the molecule is CCC1(c2ccc(OC)c(OC)c2)CCSC(N)=N1. The average molecular weight is 280 g/mol. The van der Waals surface area contributed by atoms with Crippen LogP contribution in [0.2, 0.25) is 0 Å². The summed E-state index contributed by atoms with van der Waals surface area (Å²) in [5.74, 6) is 2.47. The normalized spacial score (nSPS) is 22.8. The van der Waals surface area contributed by atoms with E-state index in [1.807, 2.05) is 12.1 Å². The molecular weight excluding hydrogens is 260 g/mol. The molecule has 0 saturated heterocycles. The highest BCUT2D eigenvalue weighted by Crippen LogP contribution is 2.41. The van der Waals surface area contributed by atoms with Crippen LogP contribution in [0.1, 0.15) is 25.3 Å². The zero-order valence-electron chi connectivity index (χ0n) is 11.6. The molecule has 0 bridgehead atoms. The Bertz CT molecular complexity index is 490. The molecule has 1 heterocycles. The molecule has 4 nitrogen and oxygen atoms in total. The first-order valence-electron chi connectivity index (χ1n) is 6.36. The maximum atomic E-state index is 5.91. The summed E-state index contributed by atoms with van der Waals surface area (Å²) in [5, 5.41) is 0.669. The Kier molecular flexibility index (Phi) is 4.24. The van der Waals surface area contributed by atoms with Gasteiger partial charge in [-0.2, -0.15) is 0 Å². The minimum absolute atomic E-state index is 0.227. The van der Waals surface area contributed by atoms with Crippen LogP contribution in [0, 0.1) is 0 Å². The van der Waals surface area contributed by atoms with Gasteiger partial charge in [0.15, 0.2) is 16.7 Å². The van der Waals surface area contributed by atoms with E-state index < -0.39 is 0 Å². The van der Waals surface area contributed by atoms with Crippen molar-refractivity contribution in [2.75, 3.05) is 20.0 Å². The molecule has 19 heavy (non-hydrogen) atoms. The van der Waals surface area contributed by atoms with Crippen molar-refractivity contribution in [2.45, 2.75) is 25.3 Å². The average Bonchev–Trinajstić information content (AvgIpc) is 2.46. The quantitative estimate of drug-likeness (QED) is 0.921. The van der Waals surface area contributed by atoms with Gasteiger partial charge in [0.25, 0.3) is 0 Å². The van der Waals surface area contributed by atoms with Crippen molar-refractivity contribution in [3.63, 3.8) is 0 Å². The van der Waals surface area contributed by atoms with Crippen molar-refractivity contribution in [2.24, 2.45) is 10.7 Å². The lowest BCUT2D eigenvalue weighted by Crippen LogP contribution is -2.31. The van der Waals surface area contributed by atoms with Gasteiger partial charge in [0, 0.05) is 5.75 Å². The third-order valence-electron chi connectivity index (χ3n) is 3.60. The Labute approximate surface area is 118 Å². The molecule has 1 aliphatic rings. The number of ether oxygens (including phenoxy) is 2. The summed E-state index contributed by atoms with van der Waals surface area (Å²) in [6.45, 7) is 2.14. The van der Waals surface area contributed by atoms with Crippen LogP contribution >= 0.6 is 11.8 Å². The first kappa shape index (κ1) is 14.1. The van der Waals surface area contributed by atoms with Crippen LogP contribution in [0.25, 0.3) is 0 Å². The van der Waals surface area contributed by atoms with Crippen molar-refractivity contribution in [3.05, 3.63) is 23.8 Å². The second-order valence-electron chi connectivity index (χ2n) is 4.50. The molecule has 0 aliphatic carbocycles. The van der Waals surface area contributed by atoms with Crippen LogP contribution in [-0.2, 0) is 5.54 Å². The van der Waals surface area contributed by atoms with E-state index in [-0.39, 0.29) is 5.54 Å². The number of hydrogen-bond donors (Lipinski definition) is 1. The van der Waals surface area contributed by atoms with E-state index in [1.165, 1.54) is 0 Å². The lowest BCUT2D eigenvalue weighted by atomic mass is 9.85. The highest BCUT2D eigenvalue weighted by atomic mass is 32.2. The molecule has 104 valence electrons. The molecular formula is C14H20N2O2S. The molecule has 2 rings (SSSR count). The highest BCUT2D eigenvalue weighted by molar-refractivity contribution is 8.13. The number of aliphatic imine (C=N–C) groups is 1. The standard InChI is InChI=1S/C14H20N2O2S/c1-4-14(7-8-19-13(15)16-14)10-5-6-11(17-2)12(9-10)18-3/h5-6,9H,4,7-8H2,1-3H3,(H2,15,16). The van der Waals surface area contributed by atoms with E-state index >= 15 is 0 Å². The Balaban J connectivity index is 2.47. The molecule has 1 unspecified atom stereocenters. The summed E-state index contributed by atoms with van der Waals surface area (Å²) in [4.78, 5) is 4.69. The van der Waals surface area contributed by atoms with Crippen LogP contribution < -0.4 is 15.2 Å². The maximum Gasteiger partial charge on any atom is 0.161 e. The molecule has 0 fully saturated rings. The second-order valence-corrected chi connectivity index (χ2v) is 5.62. The molecule has 0 amide bonds. The van der Waals surface area contributed by atoms with Crippen molar-refractivity contribution in [1.29, 1.82) is 0 Å². The molecule has 1 aromatic carbocycles. The van der Waals surface area contributed by atoms with Crippen LogP contribution in [0.15, 0.2) is 23.2 Å². The van der Waals surface area contributed by atoms with Gasteiger partial charge < -0.3 is 15.2 Å². The first-order chi connectivity index (χ1) is 9.15. The summed E-state index contributed by atoms with van der Waals surface area (Å²) in [6, 6.07) is 5.99. The molecule has 5 heteroatoms. The number of nitrogens with two attached hydrogens (primary N) is 1. The maximum absolute atomic E-state index is 5.91. The number of rotatable bonds is 4. The Hall–Kier alpha value is -1.36. The van der Waals surface area contributed by atoms with Crippen LogP contribution in [-0.4, -0.2) is 25.1 Å². The lowest BCUT2D eigenvalue weighted by Gasteiger charge is -2.33. The van der Waals surface area contributed by atoms with Crippen molar-refractivity contribution in [1.82, 2.24) is 0 Å². The second kappa shape index (κ2) is 5.74. The summed E-state index contributed by atoms with van der Waals surface area (Å²) in [5.41, 5.74) is 6.81. The van der Waals surface area contributed by atoms with E-state index in [4.69, 9.17) is 20.2 Å². The minimum Gasteiger partial charge on any atom is -0.493 e. The van der Waals surface area contributed by atoms with Gasteiger partial charge in [0.05, 0.1) is 19.8 Å². The van der Waals surface area contributed by atoms with Gasteiger partial charge in [-0.25, -0.2) is 0 Å². The van der Waals surface area contributed by atoms with Gasteiger partial charge in [0.2, 0.25) is 0 Å². The molecule has 0 saturated carbocycles. The summed E-state index contributed by atoms with van der Waals surface area (Å²) in [6.07, 6.45) is 1.91. The fourth-order valence-electron chi connectivity index (χ4n) is 2.42. The first-order valence-corrected chi connectivity index (χ1v) is 7.34. The minimum atomic E-state index is -0.227. The van der Waals surface area contributed by atoms with Gasteiger partial charge in [-0.1, -0.05) is 24.8 Å². The fraction of sp³-hybridized carbons (Fsp3) is 0.500. The summed E-state index contributed by atoms with van der Waals surface area (Å²) in [7, 11) is 3.29. The highest BCUT2D eigenvalue weighted by Gasteiger charge is 2.33. The molecule has 0 aromatic heterocycles. The summed E-state index contributed by atoms with van der Waals surface area (Å²) < 4.78 is 10.7. The van der Waals surface area contributed by atoms with Crippen molar-refractivity contribution >= 4 is 16.9 Å². The predicted molar refractivity (Wildman–Crippen MR) is 80.2 cm³/mol. The molecule has 1 atom stereocenters. The summed E-state index contributed by atoms with van der Waals surface area (Å²) >= 11 is 1.62. The smallest absolute Gasteiger partial charge is 0.161 e.